The van der Waals surface area contributed by atoms with Crippen molar-refractivity contribution in [3.8, 4) is 0 Å². The summed E-state index contributed by atoms with van der Waals surface area (Å²) in [5.41, 5.74) is 0. The fourth-order valence-electron chi connectivity index (χ4n) is 0.606. The Hall–Kier alpha value is -0.530. The molecule has 0 aromatic rings. The first kappa shape index (κ1) is 7.47. The molecule has 0 bridgehead atoms. The minimum absolute atomic E-state index is 0.470. The van der Waals surface area contributed by atoms with Crippen LogP contribution in [0.15, 0.2) is 0 Å². The molecule has 1 N–H and O–H groups in total. The molecule has 0 aliphatic heterocycles. The average molecular weight is 114 g/mol. The molecule has 0 rings (SSSR count). The highest BCUT2D eigenvalue weighted by Crippen LogP contribution is 1.90. The van der Waals surface area contributed by atoms with Gasteiger partial charge in [-0.1, -0.05) is 0 Å². The van der Waals surface area contributed by atoms with Crippen molar-refractivity contribution in [1.82, 2.24) is 4.90 Å². The molecule has 0 amide bonds. The number of nitrogens with one attached hydrogen (secondary N) is 1. The molecule has 0 atom stereocenters. The van der Waals surface area contributed by atoms with Crippen molar-refractivity contribution < 1.29 is 0 Å². The predicted molar refractivity (Wildman–Crippen MR) is 36.3 cm³/mol. The minimum Gasteiger partial charge on any atom is -0.361 e. The first-order valence-corrected chi connectivity index (χ1v) is 2.98. The van der Waals surface area contributed by atoms with Gasteiger partial charge in [0.25, 0.3) is 0 Å². The number of rotatable bonds is 3. The van der Waals surface area contributed by atoms with Crippen LogP contribution in [0.3, 0.4) is 0 Å². The standard InChI is InChI=1S/C6H14N2/c1-4-8(5-7)6(2)3/h5-7H,4H2,1-3H3. The van der Waals surface area contributed by atoms with Gasteiger partial charge in [0.05, 0.1) is 6.34 Å². The third-order valence-corrected chi connectivity index (χ3v) is 1.19. The van der Waals surface area contributed by atoms with E-state index >= 15 is 0 Å². The molecule has 8 heavy (non-hydrogen) atoms. The molecule has 0 saturated carbocycles. The van der Waals surface area contributed by atoms with Gasteiger partial charge in [-0.25, -0.2) is 0 Å². The van der Waals surface area contributed by atoms with Crippen LogP contribution >= 0.6 is 0 Å². The van der Waals surface area contributed by atoms with Crippen molar-refractivity contribution in [1.29, 1.82) is 5.41 Å². The zero-order valence-corrected chi connectivity index (χ0v) is 5.81. The van der Waals surface area contributed by atoms with Gasteiger partial charge in [-0.05, 0) is 20.8 Å². The highest BCUT2D eigenvalue weighted by molar-refractivity contribution is 5.50. The van der Waals surface area contributed by atoms with E-state index in [2.05, 4.69) is 13.8 Å². The molecule has 2 nitrogen and oxygen atoms in total. The Kier molecular flexibility index (Phi) is 3.24. The van der Waals surface area contributed by atoms with Crippen LogP contribution in [0.4, 0.5) is 0 Å². The lowest BCUT2D eigenvalue weighted by atomic mass is 10.3. The summed E-state index contributed by atoms with van der Waals surface area (Å²) >= 11 is 0. The number of hydrogen-bond acceptors (Lipinski definition) is 1. The summed E-state index contributed by atoms with van der Waals surface area (Å²) in [5, 5.41) is 6.89. The van der Waals surface area contributed by atoms with E-state index in [9.17, 15) is 0 Å². The van der Waals surface area contributed by atoms with E-state index in [1.165, 1.54) is 6.34 Å². The van der Waals surface area contributed by atoms with Gasteiger partial charge in [0, 0.05) is 12.6 Å². The molecule has 0 fully saturated rings. The second kappa shape index (κ2) is 3.47. The molecule has 0 unspecified atom stereocenters. The molecule has 0 saturated heterocycles. The van der Waals surface area contributed by atoms with E-state index in [1.54, 1.807) is 0 Å². The van der Waals surface area contributed by atoms with Crippen molar-refractivity contribution in [3.63, 3.8) is 0 Å². The molecule has 0 spiro atoms. The summed E-state index contributed by atoms with van der Waals surface area (Å²) in [7, 11) is 0. The largest absolute Gasteiger partial charge is 0.361 e. The smallest absolute Gasteiger partial charge is 0.0819 e. The molecule has 0 aromatic carbocycles. The summed E-state index contributed by atoms with van der Waals surface area (Å²) < 4.78 is 0. The quantitative estimate of drug-likeness (QED) is 0.435. The fourth-order valence-corrected chi connectivity index (χ4v) is 0.606. The van der Waals surface area contributed by atoms with Crippen LogP contribution in [0.1, 0.15) is 20.8 Å². The summed E-state index contributed by atoms with van der Waals surface area (Å²) in [6, 6.07) is 0.470. The average Bonchev–Trinajstić information content (AvgIpc) is 1.69. The lowest BCUT2D eigenvalue weighted by molar-refractivity contribution is 0.376. The topological polar surface area (TPSA) is 27.1 Å². The maximum atomic E-state index is 6.89. The van der Waals surface area contributed by atoms with E-state index in [1.807, 2.05) is 11.8 Å². The first-order valence-electron chi connectivity index (χ1n) is 2.98. The third kappa shape index (κ3) is 1.96. The molecular weight excluding hydrogens is 100 g/mol. The Bertz CT molecular complexity index is 68.9. The first-order chi connectivity index (χ1) is 3.72. The molecule has 0 aromatic heterocycles. The Morgan fingerprint density at radius 3 is 2.12 bits per heavy atom. The molecule has 0 aliphatic rings. The Morgan fingerprint density at radius 2 is 2.12 bits per heavy atom. The maximum Gasteiger partial charge on any atom is 0.0819 e. The van der Waals surface area contributed by atoms with Gasteiger partial charge < -0.3 is 4.90 Å². The monoisotopic (exact) mass is 114 g/mol. The van der Waals surface area contributed by atoms with Crippen molar-refractivity contribution >= 4 is 6.34 Å². The van der Waals surface area contributed by atoms with Crippen LogP contribution in [-0.4, -0.2) is 23.8 Å². The lowest BCUT2D eigenvalue weighted by Gasteiger charge is -2.20. The minimum atomic E-state index is 0.470. The molecular formula is C6H14N2. The lowest BCUT2D eigenvalue weighted by Crippen LogP contribution is -2.28. The van der Waals surface area contributed by atoms with Crippen LogP contribution in [-0.2, 0) is 0 Å². The van der Waals surface area contributed by atoms with Gasteiger partial charge >= 0.3 is 0 Å². The van der Waals surface area contributed by atoms with Crippen LogP contribution in [0.2, 0.25) is 0 Å². The SMILES string of the molecule is CCN(C=N)C(C)C. The highest BCUT2D eigenvalue weighted by atomic mass is 15.1. The van der Waals surface area contributed by atoms with Crippen molar-refractivity contribution in [2.24, 2.45) is 0 Å². The van der Waals surface area contributed by atoms with Crippen molar-refractivity contribution in [3.05, 3.63) is 0 Å². The molecule has 0 aliphatic carbocycles. The van der Waals surface area contributed by atoms with Crippen molar-refractivity contribution in [2.75, 3.05) is 6.54 Å². The van der Waals surface area contributed by atoms with Crippen molar-refractivity contribution in [2.45, 2.75) is 26.8 Å². The van der Waals surface area contributed by atoms with Gasteiger partial charge in [0.1, 0.15) is 0 Å². The number of hydrogen-bond donors (Lipinski definition) is 1. The van der Waals surface area contributed by atoms with Crippen LogP contribution < -0.4 is 0 Å². The zero-order chi connectivity index (χ0) is 6.57. The fraction of sp³-hybridized carbons (Fsp3) is 0.833. The normalized spacial score (nSPS) is 9.50. The second-order valence-electron chi connectivity index (χ2n) is 2.05. The van der Waals surface area contributed by atoms with Crippen LogP contribution in [0.5, 0.6) is 0 Å². The predicted octanol–water partition coefficient (Wildman–Crippen LogP) is 1.32. The van der Waals surface area contributed by atoms with E-state index in [4.69, 9.17) is 5.41 Å². The third-order valence-electron chi connectivity index (χ3n) is 1.19. The van der Waals surface area contributed by atoms with Crippen LogP contribution in [0.25, 0.3) is 0 Å². The number of nitrogens with zero attached hydrogens (tertiary/aromatic N) is 1. The summed E-state index contributed by atoms with van der Waals surface area (Å²) in [6.45, 7) is 7.13. The van der Waals surface area contributed by atoms with E-state index in [0.29, 0.717) is 6.04 Å². The molecule has 0 radical (unpaired) electrons. The van der Waals surface area contributed by atoms with E-state index in [-0.39, 0.29) is 0 Å². The maximum absolute atomic E-state index is 6.89. The summed E-state index contributed by atoms with van der Waals surface area (Å²) in [5.74, 6) is 0. The molecule has 0 heterocycles. The highest BCUT2D eigenvalue weighted by Gasteiger charge is 1.97. The van der Waals surface area contributed by atoms with Gasteiger partial charge in [-0.2, -0.15) is 0 Å². The Labute approximate surface area is 51.0 Å². The van der Waals surface area contributed by atoms with Gasteiger partial charge in [0.15, 0.2) is 0 Å². The Balaban J connectivity index is 3.51. The Morgan fingerprint density at radius 1 is 1.62 bits per heavy atom. The molecule has 48 valence electrons. The van der Waals surface area contributed by atoms with E-state index < -0.39 is 0 Å². The van der Waals surface area contributed by atoms with Gasteiger partial charge in [-0.3, -0.25) is 5.41 Å². The summed E-state index contributed by atoms with van der Waals surface area (Å²) in [4.78, 5) is 1.96. The zero-order valence-electron chi connectivity index (χ0n) is 5.81. The van der Waals surface area contributed by atoms with E-state index in [0.717, 1.165) is 6.54 Å². The second-order valence-corrected chi connectivity index (χ2v) is 2.05. The van der Waals surface area contributed by atoms with Gasteiger partial charge in [0.2, 0.25) is 0 Å². The van der Waals surface area contributed by atoms with Crippen LogP contribution in [0, 0.1) is 5.41 Å². The summed E-state index contributed by atoms with van der Waals surface area (Å²) in [6.07, 6.45) is 1.38. The van der Waals surface area contributed by atoms with Gasteiger partial charge in [-0.15, -0.1) is 0 Å². The molecule has 2 heteroatoms.